The van der Waals surface area contributed by atoms with Crippen LogP contribution in [-0.4, -0.2) is 16.0 Å². The van der Waals surface area contributed by atoms with Gasteiger partial charge in [0.1, 0.15) is 5.82 Å². The third kappa shape index (κ3) is 2.30. The molecule has 1 atom stereocenters. The normalized spacial score (nSPS) is 40.2. The fourth-order valence-electron chi connectivity index (χ4n) is 5.71. The maximum absolute atomic E-state index is 6.45. The molecule has 0 radical (unpaired) electrons. The summed E-state index contributed by atoms with van der Waals surface area (Å²) in [5.74, 6) is 6.06. The van der Waals surface area contributed by atoms with E-state index in [1.54, 1.807) is 6.42 Å². The summed E-state index contributed by atoms with van der Waals surface area (Å²) in [7, 11) is 0. The van der Waals surface area contributed by atoms with E-state index in [0.717, 1.165) is 41.8 Å². The number of imidazole rings is 1. The summed E-state index contributed by atoms with van der Waals surface area (Å²) in [6, 6.07) is 0.303. The fraction of sp³-hybridized carbons (Fsp3) is 0.824. The van der Waals surface area contributed by atoms with Crippen molar-refractivity contribution in [1.82, 2.24) is 9.97 Å². The van der Waals surface area contributed by atoms with Gasteiger partial charge in [0.05, 0.1) is 0 Å². The summed E-state index contributed by atoms with van der Waals surface area (Å²) >= 11 is 0. The first-order valence-electron chi connectivity index (χ1n) is 8.43. The Kier molecular flexibility index (Phi) is 3.13. The molecule has 4 aliphatic rings. The van der Waals surface area contributed by atoms with Crippen molar-refractivity contribution in [3.63, 3.8) is 0 Å². The van der Waals surface area contributed by atoms with Crippen LogP contribution in [0.2, 0.25) is 0 Å². The zero-order valence-electron chi connectivity index (χ0n) is 12.5. The number of aromatic nitrogens is 2. The van der Waals surface area contributed by atoms with Crippen molar-refractivity contribution in [1.29, 1.82) is 0 Å². The molecule has 4 aliphatic carbocycles. The summed E-state index contributed by atoms with van der Waals surface area (Å²) in [5, 5.41) is 0. The monoisotopic (exact) mass is 273 g/mol. The summed E-state index contributed by atoms with van der Waals surface area (Å²) in [4.78, 5) is 7.60. The third-order valence-electron chi connectivity index (χ3n) is 6.23. The second-order valence-electron chi connectivity index (χ2n) is 7.79. The SMILES string of the molecule is Cc1ncc(CC(N)CC2C3CC4CC(C3)CC2C4)[nH]1. The van der Waals surface area contributed by atoms with E-state index in [0.29, 0.717) is 6.04 Å². The molecule has 4 fully saturated rings. The molecule has 1 aromatic heterocycles. The molecule has 110 valence electrons. The minimum Gasteiger partial charge on any atom is -0.346 e. The zero-order valence-corrected chi connectivity index (χ0v) is 12.5. The molecule has 0 aromatic carbocycles. The van der Waals surface area contributed by atoms with E-state index in [2.05, 4.69) is 9.97 Å². The molecule has 0 spiro atoms. The Morgan fingerprint density at radius 2 is 1.85 bits per heavy atom. The Bertz CT molecular complexity index is 450. The third-order valence-corrected chi connectivity index (χ3v) is 6.23. The Morgan fingerprint density at radius 3 is 2.40 bits per heavy atom. The van der Waals surface area contributed by atoms with Gasteiger partial charge in [-0.1, -0.05) is 0 Å². The van der Waals surface area contributed by atoms with Crippen molar-refractivity contribution in [2.24, 2.45) is 35.3 Å². The van der Waals surface area contributed by atoms with Crippen LogP contribution in [0.5, 0.6) is 0 Å². The van der Waals surface area contributed by atoms with Crippen LogP contribution in [0.4, 0.5) is 0 Å². The molecule has 4 saturated carbocycles. The Balaban J connectivity index is 1.39. The highest BCUT2D eigenvalue weighted by molar-refractivity contribution is 5.04. The molecule has 5 rings (SSSR count). The molecule has 1 unspecified atom stereocenters. The molecule has 3 N–H and O–H groups in total. The standard InChI is InChI=1S/C17H27N3/c1-10-19-9-16(20-10)7-15(18)8-17-13-3-11-2-12(5-13)6-14(17)4-11/h9,11-15,17H,2-8,18H2,1H3,(H,19,20). The Hall–Kier alpha value is -0.830. The molecule has 3 nitrogen and oxygen atoms in total. The molecular formula is C17H27N3. The lowest BCUT2D eigenvalue weighted by atomic mass is 9.51. The van der Waals surface area contributed by atoms with Gasteiger partial charge in [-0.15, -0.1) is 0 Å². The quantitative estimate of drug-likeness (QED) is 0.886. The summed E-state index contributed by atoms with van der Waals surface area (Å²) in [5.41, 5.74) is 7.65. The molecule has 4 bridgehead atoms. The van der Waals surface area contributed by atoms with Crippen LogP contribution in [0.1, 0.15) is 50.0 Å². The number of nitrogens with one attached hydrogen (secondary N) is 1. The van der Waals surface area contributed by atoms with Crippen LogP contribution in [-0.2, 0) is 6.42 Å². The van der Waals surface area contributed by atoms with Crippen molar-refractivity contribution in [2.45, 2.75) is 57.9 Å². The smallest absolute Gasteiger partial charge is 0.103 e. The van der Waals surface area contributed by atoms with Gasteiger partial charge in [-0.3, -0.25) is 0 Å². The Morgan fingerprint density at radius 1 is 1.20 bits per heavy atom. The number of hydrogen-bond acceptors (Lipinski definition) is 2. The molecule has 3 heteroatoms. The summed E-state index contributed by atoms with van der Waals surface area (Å²) in [6.45, 7) is 2.01. The predicted octanol–water partition coefficient (Wildman–Crippen LogP) is 3.05. The maximum atomic E-state index is 6.45. The van der Waals surface area contributed by atoms with E-state index < -0.39 is 0 Å². The molecule has 1 aromatic rings. The van der Waals surface area contributed by atoms with Crippen LogP contribution in [0.25, 0.3) is 0 Å². The second kappa shape index (κ2) is 4.87. The lowest BCUT2D eigenvalue weighted by molar-refractivity contribution is -0.0419. The largest absolute Gasteiger partial charge is 0.346 e. The first-order valence-corrected chi connectivity index (χ1v) is 8.43. The average molecular weight is 273 g/mol. The van der Waals surface area contributed by atoms with Crippen molar-refractivity contribution >= 4 is 0 Å². The average Bonchev–Trinajstić information content (AvgIpc) is 2.78. The van der Waals surface area contributed by atoms with Gasteiger partial charge >= 0.3 is 0 Å². The number of nitrogens with two attached hydrogens (primary N) is 1. The van der Waals surface area contributed by atoms with Gasteiger partial charge in [-0.05, 0) is 75.0 Å². The number of aromatic amines is 1. The topological polar surface area (TPSA) is 54.7 Å². The van der Waals surface area contributed by atoms with Crippen LogP contribution < -0.4 is 5.73 Å². The number of nitrogens with zero attached hydrogens (tertiary/aromatic N) is 1. The molecule has 0 saturated heterocycles. The lowest BCUT2D eigenvalue weighted by Crippen LogP contribution is -2.47. The second-order valence-corrected chi connectivity index (χ2v) is 7.79. The van der Waals surface area contributed by atoms with Gasteiger partial charge in [0, 0.05) is 24.4 Å². The Labute approximate surface area is 121 Å². The van der Waals surface area contributed by atoms with Gasteiger partial charge in [-0.25, -0.2) is 4.98 Å². The van der Waals surface area contributed by atoms with Crippen LogP contribution in [0.15, 0.2) is 6.20 Å². The summed E-state index contributed by atoms with van der Waals surface area (Å²) < 4.78 is 0. The van der Waals surface area contributed by atoms with E-state index in [4.69, 9.17) is 5.73 Å². The van der Waals surface area contributed by atoms with Gasteiger partial charge in [0.15, 0.2) is 0 Å². The van der Waals surface area contributed by atoms with E-state index >= 15 is 0 Å². The van der Waals surface area contributed by atoms with Gasteiger partial charge in [-0.2, -0.15) is 0 Å². The van der Waals surface area contributed by atoms with Gasteiger partial charge in [0.2, 0.25) is 0 Å². The summed E-state index contributed by atoms with van der Waals surface area (Å²) in [6.07, 6.45) is 11.7. The minimum absolute atomic E-state index is 0.303. The van der Waals surface area contributed by atoms with Gasteiger partial charge < -0.3 is 10.7 Å². The number of H-pyrrole nitrogens is 1. The highest BCUT2D eigenvalue weighted by Crippen LogP contribution is 2.57. The van der Waals surface area contributed by atoms with Crippen molar-refractivity contribution in [3.05, 3.63) is 17.7 Å². The molecule has 0 amide bonds. The van der Waals surface area contributed by atoms with Crippen LogP contribution >= 0.6 is 0 Å². The first kappa shape index (κ1) is 12.9. The predicted molar refractivity (Wildman–Crippen MR) is 80.2 cm³/mol. The van der Waals surface area contributed by atoms with Crippen LogP contribution in [0, 0.1) is 36.5 Å². The molecule has 1 heterocycles. The molecule has 0 aliphatic heterocycles. The lowest BCUT2D eigenvalue weighted by Gasteiger charge is -2.55. The van der Waals surface area contributed by atoms with Crippen molar-refractivity contribution in [3.8, 4) is 0 Å². The van der Waals surface area contributed by atoms with Crippen LogP contribution in [0.3, 0.4) is 0 Å². The fourth-order valence-corrected chi connectivity index (χ4v) is 5.71. The number of aryl methyl sites for hydroxylation is 1. The van der Waals surface area contributed by atoms with E-state index in [-0.39, 0.29) is 0 Å². The van der Waals surface area contributed by atoms with Gasteiger partial charge in [0.25, 0.3) is 0 Å². The highest BCUT2D eigenvalue weighted by atomic mass is 14.9. The minimum atomic E-state index is 0.303. The van der Waals surface area contributed by atoms with E-state index in [9.17, 15) is 0 Å². The molecule has 20 heavy (non-hydrogen) atoms. The first-order chi connectivity index (χ1) is 9.67. The highest BCUT2D eigenvalue weighted by Gasteiger charge is 2.48. The van der Waals surface area contributed by atoms with E-state index in [1.807, 2.05) is 13.1 Å². The number of hydrogen-bond donors (Lipinski definition) is 2. The number of rotatable bonds is 4. The van der Waals surface area contributed by atoms with E-state index in [1.165, 1.54) is 37.8 Å². The van der Waals surface area contributed by atoms with Crippen molar-refractivity contribution in [2.75, 3.05) is 0 Å². The zero-order chi connectivity index (χ0) is 13.7. The van der Waals surface area contributed by atoms with Crippen molar-refractivity contribution < 1.29 is 0 Å². The molecular weight excluding hydrogens is 246 g/mol. The maximum Gasteiger partial charge on any atom is 0.103 e.